The molecule has 0 saturated carbocycles. The van der Waals surface area contributed by atoms with Crippen LogP contribution in [-0.4, -0.2) is 28.1 Å². The van der Waals surface area contributed by atoms with E-state index in [1.165, 1.54) is 11.5 Å². The minimum Gasteiger partial charge on any atom is -0.379 e. The van der Waals surface area contributed by atoms with Crippen LogP contribution in [0.15, 0.2) is 6.33 Å². The van der Waals surface area contributed by atoms with Crippen LogP contribution in [0.4, 0.5) is 5.13 Å². The van der Waals surface area contributed by atoms with E-state index in [1.54, 1.807) is 6.33 Å². The molecule has 1 atom stereocenters. The zero-order chi connectivity index (χ0) is 9.15. The maximum atomic E-state index is 5.39. The Kier molecular flexibility index (Phi) is 2.46. The van der Waals surface area contributed by atoms with E-state index >= 15 is 0 Å². The summed E-state index contributed by atoms with van der Waals surface area (Å²) in [5.41, 5.74) is 0.0968. The van der Waals surface area contributed by atoms with Crippen LogP contribution in [0, 0.1) is 0 Å². The van der Waals surface area contributed by atoms with Crippen LogP contribution in [0.25, 0.3) is 0 Å². The van der Waals surface area contributed by atoms with Gasteiger partial charge in [0.1, 0.15) is 6.33 Å². The number of rotatable bonds is 3. The first-order chi connectivity index (χ1) is 6.35. The second-order valence-electron chi connectivity index (χ2n) is 3.31. The number of ether oxygens (including phenoxy) is 1. The first-order valence-corrected chi connectivity index (χ1v) is 5.25. The number of anilines is 1. The van der Waals surface area contributed by atoms with Crippen LogP contribution >= 0.6 is 11.5 Å². The lowest BCUT2D eigenvalue weighted by Crippen LogP contribution is -2.37. The maximum absolute atomic E-state index is 5.39. The predicted octanol–water partition coefficient (Wildman–Crippen LogP) is 1.52. The molecule has 1 aliphatic heterocycles. The van der Waals surface area contributed by atoms with Gasteiger partial charge in [-0.1, -0.05) is 6.92 Å². The summed E-state index contributed by atoms with van der Waals surface area (Å²) in [7, 11) is 0. The number of nitrogens with zero attached hydrogens (tertiary/aromatic N) is 2. The normalized spacial score (nSPS) is 27.8. The number of hydrogen-bond donors (Lipinski definition) is 1. The fourth-order valence-electron chi connectivity index (χ4n) is 1.53. The molecule has 72 valence electrons. The van der Waals surface area contributed by atoms with Crippen molar-refractivity contribution in [2.75, 3.05) is 18.5 Å². The van der Waals surface area contributed by atoms with Crippen molar-refractivity contribution in [3.05, 3.63) is 6.33 Å². The Balaban J connectivity index is 2.06. The van der Waals surface area contributed by atoms with Gasteiger partial charge in [0.25, 0.3) is 0 Å². The van der Waals surface area contributed by atoms with E-state index in [0.29, 0.717) is 0 Å². The summed E-state index contributed by atoms with van der Waals surface area (Å²) in [5, 5.41) is 4.30. The Morgan fingerprint density at radius 1 is 1.77 bits per heavy atom. The molecule has 0 amide bonds. The van der Waals surface area contributed by atoms with Gasteiger partial charge in [0.2, 0.25) is 5.13 Å². The van der Waals surface area contributed by atoms with Crippen LogP contribution in [0.1, 0.15) is 19.8 Å². The molecule has 2 rings (SSSR count). The molecule has 13 heavy (non-hydrogen) atoms. The number of nitrogens with one attached hydrogen (secondary N) is 1. The summed E-state index contributed by atoms with van der Waals surface area (Å²) >= 11 is 1.40. The largest absolute Gasteiger partial charge is 0.379 e. The Morgan fingerprint density at radius 2 is 2.69 bits per heavy atom. The third kappa shape index (κ3) is 1.81. The van der Waals surface area contributed by atoms with Gasteiger partial charge in [0, 0.05) is 18.1 Å². The van der Waals surface area contributed by atoms with Gasteiger partial charge < -0.3 is 10.1 Å². The topological polar surface area (TPSA) is 47.0 Å². The Morgan fingerprint density at radius 3 is 3.23 bits per heavy atom. The fourth-order valence-corrected chi connectivity index (χ4v) is 2.08. The highest BCUT2D eigenvalue weighted by Gasteiger charge is 2.33. The second kappa shape index (κ2) is 3.59. The van der Waals surface area contributed by atoms with E-state index in [1.807, 2.05) is 0 Å². The van der Waals surface area contributed by atoms with Gasteiger partial charge in [-0.3, -0.25) is 0 Å². The summed E-state index contributed by atoms with van der Waals surface area (Å²) in [6, 6.07) is 0. The molecule has 0 spiro atoms. The molecule has 1 unspecified atom stereocenters. The highest BCUT2D eigenvalue weighted by atomic mass is 32.1. The standard InChI is InChI=1S/C8H13N3OS/c1-2-8(3-4-12-5-8)11-7-9-6-10-13-7/h6H,2-5H2,1H3,(H,9,10,11). The molecular formula is C8H13N3OS. The van der Waals surface area contributed by atoms with E-state index in [-0.39, 0.29) is 5.54 Å². The van der Waals surface area contributed by atoms with Crippen LogP contribution in [0.5, 0.6) is 0 Å². The van der Waals surface area contributed by atoms with Crippen molar-refractivity contribution in [2.24, 2.45) is 0 Å². The van der Waals surface area contributed by atoms with Crippen molar-refractivity contribution < 1.29 is 4.74 Å². The fraction of sp³-hybridized carbons (Fsp3) is 0.750. The SMILES string of the molecule is CCC1(Nc2ncns2)CCOC1. The van der Waals surface area contributed by atoms with Crippen molar-refractivity contribution in [1.82, 2.24) is 9.36 Å². The molecule has 1 fully saturated rings. The Hall–Kier alpha value is -0.680. The molecular weight excluding hydrogens is 186 g/mol. The van der Waals surface area contributed by atoms with Crippen molar-refractivity contribution in [1.29, 1.82) is 0 Å². The van der Waals surface area contributed by atoms with E-state index < -0.39 is 0 Å². The average molecular weight is 199 g/mol. The average Bonchev–Trinajstić information content (AvgIpc) is 2.77. The lowest BCUT2D eigenvalue weighted by atomic mass is 9.96. The van der Waals surface area contributed by atoms with Gasteiger partial charge >= 0.3 is 0 Å². The predicted molar refractivity (Wildman–Crippen MR) is 52.0 cm³/mol. The minimum absolute atomic E-state index is 0.0968. The molecule has 0 bridgehead atoms. The van der Waals surface area contributed by atoms with Crippen LogP contribution in [0.2, 0.25) is 0 Å². The van der Waals surface area contributed by atoms with E-state index in [0.717, 1.165) is 31.2 Å². The zero-order valence-corrected chi connectivity index (χ0v) is 8.43. The molecule has 1 saturated heterocycles. The molecule has 1 N–H and O–H groups in total. The summed E-state index contributed by atoms with van der Waals surface area (Å²) in [6.45, 7) is 3.80. The monoisotopic (exact) mass is 199 g/mol. The van der Waals surface area contributed by atoms with Crippen molar-refractivity contribution in [3.8, 4) is 0 Å². The third-order valence-corrected chi connectivity index (χ3v) is 3.09. The van der Waals surface area contributed by atoms with E-state index in [9.17, 15) is 0 Å². The third-order valence-electron chi connectivity index (χ3n) is 2.51. The first kappa shape index (κ1) is 8.90. The molecule has 1 aromatic heterocycles. The highest BCUT2D eigenvalue weighted by Crippen LogP contribution is 2.27. The molecule has 0 aliphatic carbocycles. The zero-order valence-electron chi connectivity index (χ0n) is 7.62. The van der Waals surface area contributed by atoms with Gasteiger partial charge in [0.05, 0.1) is 12.1 Å². The number of hydrogen-bond acceptors (Lipinski definition) is 5. The quantitative estimate of drug-likeness (QED) is 0.801. The molecule has 1 aliphatic rings. The van der Waals surface area contributed by atoms with Crippen LogP contribution < -0.4 is 5.32 Å². The van der Waals surface area contributed by atoms with Crippen molar-refractivity contribution in [3.63, 3.8) is 0 Å². The Bertz CT molecular complexity index is 256. The van der Waals surface area contributed by atoms with Gasteiger partial charge in [0.15, 0.2) is 0 Å². The Labute approximate surface area is 81.5 Å². The van der Waals surface area contributed by atoms with Gasteiger partial charge in [-0.15, -0.1) is 0 Å². The summed E-state index contributed by atoms with van der Waals surface area (Å²) in [6.07, 6.45) is 3.70. The molecule has 0 aromatic carbocycles. The van der Waals surface area contributed by atoms with Crippen LogP contribution in [-0.2, 0) is 4.74 Å². The molecule has 2 heterocycles. The second-order valence-corrected chi connectivity index (χ2v) is 4.09. The first-order valence-electron chi connectivity index (χ1n) is 4.47. The maximum Gasteiger partial charge on any atom is 0.202 e. The molecule has 4 nitrogen and oxygen atoms in total. The van der Waals surface area contributed by atoms with Crippen molar-refractivity contribution in [2.45, 2.75) is 25.3 Å². The summed E-state index contributed by atoms with van der Waals surface area (Å²) < 4.78 is 9.35. The van der Waals surface area contributed by atoms with Crippen LogP contribution in [0.3, 0.4) is 0 Å². The minimum atomic E-state index is 0.0968. The lowest BCUT2D eigenvalue weighted by molar-refractivity contribution is 0.181. The van der Waals surface area contributed by atoms with Gasteiger partial charge in [-0.2, -0.15) is 4.37 Å². The molecule has 1 aromatic rings. The number of aromatic nitrogens is 2. The van der Waals surface area contributed by atoms with Gasteiger partial charge in [-0.25, -0.2) is 4.98 Å². The van der Waals surface area contributed by atoms with E-state index in [4.69, 9.17) is 4.74 Å². The van der Waals surface area contributed by atoms with Crippen molar-refractivity contribution >= 4 is 16.7 Å². The molecule has 0 radical (unpaired) electrons. The molecule has 5 heteroatoms. The summed E-state index contributed by atoms with van der Waals surface area (Å²) in [5.74, 6) is 0. The van der Waals surface area contributed by atoms with Gasteiger partial charge in [-0.05, 0) is 12.8 Å². The highest BCUT2D eigenvalue weighted by molar-refractivity contribution is 7.09. The van der Waals surface area contributed by atoms with E-state index in [2.05, 4.69) is 21.6 Å². The lowest BCUT2D eigenvalue weighted by Gasteiger charge is -2.26. The smallest absolute Gasteiger partial charge is 0.202 e. The summed E-state index contributed by atoms with van der Waals surface area (Å²) in [4.78, 5) is 4.11.